The van der Waals surface area contributed by atoms with Crippen LogP contribution in [-0.2, 0) is 9.53 Å². The SMILES string of the molecule is O=C(O)COCCNC(=O)Nc1ccccc1F. The van der Waals surface area contributed by atoms with Crippen molar-refractivity contribution in [2.75, 3.05) is 25.1 Å². The predicted molar refractivity (Wildman–Crippen MR) is 61.9 cm³/mol. The number of carbonyl (C=O) groups is 2. The number of carboxylic acid groups (broad SMARTS) is 1. The second-order valence-electron chi connectivity index (χ2n) is 3.31. The van der Waals surface area contributed by atoms with Gasteiger partial charge in [0.15, 0.2) is 0 Å². The maximum atomic E-state index is 13.1. The Hall–Kier alpha value is -2.15. The van der Waals surface area contributed by atoms with Crippen LogP contribution in [0.15, 0.2) is 24.3 Å². The number of benzene rings is 1. The van der Waals surface area contributed by atoms with Crippen molar-refractivity contribution in [2.24, 2.45) is 0 Å². The van der Waals surface area contributed by atoms with E-state index in [4.69, 9.17) is 9.84 Å². The Morgan fingerprint density at radius 1 is 1.33 bits per heavy atom. The molecule has 0 aliphatic rings. The summed E-state index contributed by atoms with van der Waals surface area (Å²) in [6.07, 6.45) is 0. The number of amides is 2. The summed E-state index contributed by atoms with van der Waals surface area (Å²) in [5.74, 6) is -1.61. The van der Waals surface area contributed by atoms with E-state index in [2.05, 4.69) is 10.6 Å². The van der Waals surface area contributed by atoms with Gasteiger partial charge in [0.2, 0.25) is 0 Å². The highest BCUT2D eigenvalue weighted by molar-refractivity contribution is 5.89. The Labute approximate surface area is 103 Å². The lowest BCUT2D eigenvalue weighted by atomic mass is 10.3. The number of carboxylic acids is 1. The number of nitrogens with one attached hydrogen (secondary N) is 2. The predicted octanol–water partition coefficient (Wildman–Crippen LogP) is 1.05. The van der Waals surface area contributed by atoms with Crippen molar-refractivity contribution in [1.82, 2.24) is 5.32 Å². The van der Waals surface area contributed by atoms with Crippen molar-refractivity contribution in [2.45, 2.75) is 0 Å². The summed E-state index contributed by atoms with van der Waals surface area (Å²) in [7, 11) is 0. The highest BCUT2D eigenvalue weighted by Gasteiger charge is 2.05. The van der Waals surface area contributed by atoms with Gasteiger partial charge in [-0.15, -0.1) is 0 Å². The smallest absolute Gasteiger partial charge is 0.329 e. The fourth-order valence-corrected chi connectivity index (χ4v) is 1.13. The van der Waals surface area contributed by atoms with E-state index in [0.29, 0.717) is 0 Å². The highest BCUT2D eigenvalue weighted by Crippen LogP contribution is 2.11. The fourth-order valence-electron chi connectivity index (χ4n) is 1.13. The van der Waals surface area contributed by atoms with Gasteiger partial charge in [-0.1, -0.05) is 12.1 Å². The van der Waals surface area contributed by atoms with Gasteiger partial charge >= 0.3 is 12.0 Å². The highest BCUT2D eigenvalue weighted by atomic mass is 19.1. The minimum absolute atomic E-state index is 0.0665. The monoisotopic (exact) mass is 256 g/mol. The van der Waals surface area contributed by atoms with Crippen LogP contribution >= 0.6 is 0 Å². The van der Waals surface area contributed by atoms with Gasteiger partial charge in [-0.05, 0) is 12.1 Å². The molecule has 1 aromatic rings. The zero-order chi connectivity index (χ0) is 13.4. The number of rotatable bonds is 6. The molecular formula is C11H13FN2O4. The van der Waals surface area contributed by atoms with Crippen LogP contribution < -0.4 is 10.6 Å². The molecule has 0 aliphatic heterocycles. The molecule has 0 unspecified atom stereocenters. The molecule has 0 saturated heterocycles. The topological polar surface area (TPSA) is 87.7 Å². The van der Waals surface area contributed by atoms with Crippen molar-refractivity contribution in [3.63, 3.8) is 0 Å². The molecule has 0 heterocycles. The Balaban J connectivity index is 2.22. The van der Waals surface area contributed by atoms with Crippen LogP contribution in [0, 0.1) is 5.82 Å². The third-order valence-electron chi connectivity index (χ3n) is 1.88. The molecule has 0 aromatic heterocycles. The maximum Gasteiger partial charge on any atom is 0.329 e. The molecule has 0 aliphatic carbocycles. The molecule has 0 atom stereocenters. The van der Waals surface area contributed by atoms with Crippen molar-refractivity contribution in [1.29, 1.82) is 0 Å². The number of hydrogen-bond acceptors (Lipinski definition) is 3. The number of halogens is 1. The van der Waals surface area contributed by atoms with E-state index < -0.39 is 24.4 Å². The van der Waals surface area contributed by atoms with E-state index in [1.807, 2.05) is 0 Å². The van der Waals surface area contributed by atoms with Gasteiger partial charge in [0.25, 0.3) is 0 Å². The molecule has 0 radical (unpaired) electrons. The average molecular weight is 256 g/mol. The van der Waals surface area contributed by atoms with Crippen molar-refractivity contribution in [3.8, 4) is 0 Å². The van der Waals surface area contributed by atoms with Gasteiger partial charge in [0.1, 0.15) is 12.4 Å². The van der Waals surface area contributed by atoms with Gasteiger partial charge in [-0.25, -0.2) is 14.0 Å². The molecule has 1 aromatic carbocycles. The summed E-state index contributed by atoms with van der Waals surface area (Å²) in [6.45, 7) is -0.221. The van der Waals surface area contributed by atoms with E-state index in [0.717, 1.165) is 0 Å². The number of hydrogen-bond donors (Lipinski definition) is 3. The molecule has 2 amide bonds. The summed E-state index contributed by atoms with van der Waals surface area (Å²) < 4.78 is 17.9. The minimum atomic E-state index is -1.08. The van der Waals surface area contributed by atoms with Gasteiger partial charge in [0.05, 0.1) is 12.3 Å². The van der Waals surface area contributed by atoms with Gasteiger partial charge in [-0.3, -0.25) is 0 Å². The first-order valence-electron chi connectivity index (χ1n) is 5.18. The van der Waals surface area contributed by atoms with Crippen LogP contribution in [0.3, 0.4) is 0 Å². The van der Waals surface area contributed by atoms with Crippen LogP contribution in [-0.4, -0.2) is 36.9 Å². The first-order valence-corrected chi connectivity index (χ1v) is 5.18. The maximum absolute atomic E-state index is 13.1. The van der Waals surface area contributed by atoms with Crippen LogP contribution in [0.4, 0.5) is 14.9 Å². The van der Waals surface area contributed by atoms with Crippen LogP contribution in [0.2, 0.25) is 0 Å². The van der Waals surface area contributed by atoms with Crippen LogP contribution in [0.25, 0.3) is 0 Å². The van der Waals surface area contributed by atoms with Crippen LogP contribution in [0.5, 0.6) is 0 Å². The number of anilines is 1. The van der Waals surface area contributed by atoms with E-state index in [-0.39, 0.29) is 18.8 Å². The quantitative estimate of drug-likeness (QED) is 0.664. The summed E-state index contributed by atoms with van der Waals surface area (Å²) in [5.41, 5.74) is 0.0708. The average Bonchev–Trinajstić information content (AvgIpc) is 2.31. The molecule has 1 rings (SSSR count). The first kappa shape index (κ1) is 13.9. The molecule has 18 heavy (non-hydrogen) atoms. The molecule has 0 spiro atoms. The van der Waals surface area contributed by atoms with E-state index in [1.165, 1.54) is 18.2 Å². The second-order valence-corrected chi connectivity index (χ2v) is 3.31. The third kappa shape index (κ3) is 5.26. The third-order valence-corrected chi connectivity index (χ3v) is 1.88. The number of aliphatic carboxylic acids is 1. The zero-order valence-electron chi connectivity index (χ0n) is 9.48. The summed E-state index contributed by atoms with van der Waals surface area (Å²) in [5, 5.41) is 13.0. The number of urea groups is 1. The standard InChI is InChI=1S/C11H13FN2O4/c12-8-3-1-2-4-9(8)14-11(17)13-5-6-18-7-10(15)16/h1-4H,5-7H2,(H,15,16)(H2,13,14,17). The largest absolute Gasteiger partial charge is 0.480 e. The molecular weight excluding hydrogens is 243 g/mol. The van der Waals surface area contributed by atoms with E-state index in [1.54, 1.807) is 6.07 Å². The van der Waals surface area contributed by atoms with E-state index >= 15 is 0 Å². The number of ether oxygens (including phenoxy) is 1. The molecule has 7 heteroatoms. The Kier molecular flexibility index (Phi) is 5.59. The fraction of sp³-hybridized carbons (Fsp3) is 0.273. The van der Waals surface area contributed by atoms with Crippen molar-refractivity contribution >= 4 is 17.7 Å². The number of carbonyl (C=O) groups excluding carboxylic acids is 1. The Morgan fingerprint density at radius 3 is 2.72 bits per heavy atom. The Morgan fingerprint density at radius 2 is 2.06 bits per heavy atom. The normalized spacial score (nSPS) is 9.83. The molecule has 6 nitrogen and oxygen atoms in total. The molecule has 3 N–H and O–H groups in total. The van der Waals surface area contributed by atoms with Gasteiger partial charge in [-0.2, -0.15) is 0 Å². The van der Waals surface area contributed by atoms with Crippen LogP contribution in [0.1, 0.15) is 0 Å². The van der Waals surface area contributed by atoms with Gasteiger partial charge < -0.3 is 20.5 Å². The second kappa shape index (κ2) is 7.23. The zero-order valence-corrected chi connectivity index (χ0v) is 9.48. The summed E-state index contributed by atoms with van der Waals surface area (Å²) in [6, 6.07) is 5.17. The molecule has 98 valence electrons. The first-order chi connectivity index (χ1) is 8.59. The lowest BCUT2D eigenvalue weighted by Crippen LogP contribution is -2.32. The summed E-state index contributed by atoms with van der Waals surface area (Å²) in [4.78, 5) is 21.4. The van der Waals surface area contributed by atoms with Crippen molar-refractivity contribution in [3.05, 3.63) is 30.1 Å². The molecule has 0 bridgehead atoms. The van der Waals surface area contributed by atoms with Crippen molar-refractivity contribution < 1.29 is 23.8 Å². The number of para-hydroxylation sites is 1. The molecule has 0 fully saturated rings. The molecule has 0 saturated carbocycles. The van der Waals surface area contributed by atoms with E-state index in [9.17, 15) is 14.0 Å². The summed E-state index contributed by atoms with van der Waals surface area (Å²) >= 11 is 0. The minimum Gasteiger partial charge on any atom is -0.480 e. The van der Waals surface area contributed by atoms with Gasteiger partial charge in [0, 0.05) is 6.54 Å². The Bertz CT molecular complexity index is 425. The lowest BCUT2D eigenvalue weighted by molar-refractivity contribution is -0.142. The lowest BCUT2D eigenvalue weighted by Gasteiger charge is -2.08.